The molecular formula is C38H57N5O5. The molecule has 0 spiro atoms. The lowest BCUT2D eigenvalue weighted by molar-refractivity contribution is -0.175. The predicted molar refractivity (Wildman–Crippen MR) is 189 cm³/mol. The number of carbonyl (C=O) groups excluding carboxylic acids is 2. The van der Waals surface area contributed by atoms with Crippen LogP contribution < -0.4 is 26.0 Å². The highest BCUT2D eigenvalue weighted by molar-refractivity contribution is 5.97. The first-order valence-electron chi connectivity index (χ1n) is 17.6. The first-order chi connectivity index (χ1) is 22.7. The maximum absolute atomic E-state index is 14.2. The van der Waals surface area contributed by atoms with E-state index in [-0.39, 0.29) is 30.9 Å². The highest BCUT2D eigenvalue weighted by atomic mass is 16.7. The summed E-state index contributed by atoms with van der Waals surface area (Å²) in [5, 5.41) is 19.0. The standard InChI is InChI=1S/C38H57N5O5/c1-21(2)19-40-36(45)26-13-25(14-28(15-26)42(7)8)29-12-10-11-24(35(29)47-9)20-43-34(33(23(4)44)32(18-39)48-43)37(46)41-31-17-27-16-30(22(31)3)38(27,5)6/h10-15,21-23,27,30-34,44H,16-20,39H2,1-9H3,(H,40,45)(H,41,46)/t22-,23-,27-,30+,31-,32-,33-,34-/m0/s1. The minimum absolute atomic E-state index is 0.0801. The molecule has 0 radical (unpaired) electrons. The highest BCUT2D eigenvalue weighted by Gasteiger charge is 2.57. The first kappa shape index (κ1) is 36.1. The summed E-state index contributed by atoms with van der Waals surface area (Å²) >= 11 is 0. The zero-order chi connectivity index (χ0) is 35.1. The van der Waals surface area contributed by atoms with Crippen LogP contribution >= 0.6 is 0 Å². The number of nitrogens with one attached hydrogen (secondary N) is 2. The van der Waals surface area contributed by atoms with Crippen LogP contribution in [0.5, 0.6) is 5.75 Å². The topological polar surface area (TPSA) is 129 Å². The molecule has 10 nitrogen and oxygen atoms in total. The molecular weight excluding hydrogens is 606 g/mol. The van der Waals surface area contributed by atoms with Crippen LogP contribution in [0.25, 0.3) is 11.1 Å². The Morgan fingerprint density at radius 3 is 2.48 bits per heavy atom. The lowest BCUT2D eigenvalue weighted by Crippen LogP contribution is -2.62. The van der Waals surface area contributed by atoms with Crippen molar-refractivity contribution in [1.29, 1.82) is 0 Å². The van der Waals surface area contributed by atoms with Crippen molar-refractivity contribution in [3.8, 4) is 16.9 Å². The van der Waals surface area contributed by atoms with Crippen LogP contribution in [-0.4, -0.2) is 80.6 Å². The van der Waals surface area contributed by atoms with Crippen molar-refractivity contribution in [3.63, 3.8) is 0 Å². The molecule has 1 aliphatic heterocycles. The third-order valence-electron chi connectivity index (χ3n) is 11.4. The van der Waals surface area contributed by atoms with E-state index in [1.165, 1.54) is 6.42 Å². The van der Waals surface area contributed by atoms with Crippen molar-refractivity contribution in [2.75, 3.05) is 39.2 Å². The summed E-state index contributed by atoms with van der Waals surface area (Å²) in [5.74, 6) is 1.73. The van der Waals surface area contributed by atoms with Gasteiger partial charge in [-0.2, -0.15) is 5.06 Å². The molecule has 1 saturated heterocycles. The van der Waals surface area contributed by atoms with Crippen LogP contribution in [0.3, 0.4) is 0 Å². The lowest BCUT2D eigenvalue weighted by atomic mass is 9.45. The number of hydroxylamine groups is 2. The molecule has 4 fully saturated rings. The van der Waals surface area contributed by atoms with Crippen LogP contribution in [0.1, 0.15) is 70.3 Å². The number of ether oxygens (including phenoxy) is 1. The molecule has 264 valence electrons. The Balaban J connectivity index is 1.45. The smallest absolute Gasteiger partial charge is 0.251 e. The van der Waals surface area contributed by atoms with Gasteiger partial charge in [0.25, 0.3) is 5.91 Å². The molecule has 2 aromatic rings. The van der Waals surface area contributed by atoms with E-state index in [2.05, 4.69) is 45.3 Å². The first-order valence-corrected chi connectivity index (χ1v) is 17.6. The number of nitrogens with two attached hydrogens (primary N) is 1. The third-order valence-corrected chi connectivity index (χ3v) is 11.4. The maximum atomic E-state index is 14.2. The number of nitrogens with zero attached hydrogens (tertiary/aromatic N) is 2. The Morgan fingerprint density at radius 1 is 1.17 bits per heavy atom. The molecule has 2 amide bonds. The normalized spacial score (nSPS) is 28.5. The summed E-state index contributed by atoms with van der Waals surface area (Å²) in [6.07, 6.45) is 0.859. The number of carbonyl (C=O) groups is 2. The largest absolute Gasteiger partial charge is 0.496 e. The van der Waals surface area contributed by atoms with Crippen molar-refractivity contribution >= 4 is 17.5 Å². The second-order valence-electron chi connectivity index (χ2n) is 15.6. The van der Waals surface area contributed by atoms with Crippen molar-refractivity contribution in [2.45, 2.75) is 85.2 Å². The van der Waals surface area contributed by atoms with Gasteiger partial charge in [-0.25, -0.2) is 0 Å². The van der Waals surface area contributed by atoms with Gasteiger partial charge in [-0.15, -0.1) is 0 Å². The van der Waals surface area contributed by atoms with E-state index in [1.807, 2.05) is 55.4 Å². The van der Waals surface area contributed by atoms with Crippen molar-refractivity contribution in [2.24, 2.45) is 40.7 Å². The number of aliphatic hydroxyl groups is 1. The van der Waals surface area contributed by atoms with Gasteiger partial charge < -0.3 is 31.1 Å². The molecule has 6 rings (SSSR count). The molecule has 2 bridgehead atoms. The van der Waals surface area contributed by atoms with Crippen LogP contribution in [0.4, 0.5) is 5.69 Å². The molecule has 4 aliphatic rings. The van der Waals surface area contributed by atoms with Gasteiger partial charge in [0, 0.05) is 61.5 Å². The average Bonchev–Trinajstić information content (AvgIpc) is 3.42. The lowest BCUT2D eigenvalue weighted by Gasteiger charge is -2.62. The maximum Gasteiger partial charge on any atom is 0.251 e. The predicted octanol–water partition coefficient (Wildman–Crippen LogP) is 4.44. The van der Waals surface area contributed by atoms with Gasteiger partial charge in [-0.1, -0.05) is 52.8 Å². The Hall–Kier alpha value is -3.18. The number of aliphatic hydroxyl groups excluding tert-OH is 1. The third kappa shape index (κ3) is 6.95. The summed E-state index contributed by atoms with van der Waals surface area (Å²) in [6, 6.07) is 11.0. The molecule has 48 heavy (non-hydrogen) atoms. The second-order valence-corrected chi connectivity index (χ2v) is 15.6. The number of hydrogen-bond donors (Lipinski definition) is 4. The molecule has 3 saturated carbocycles. The minimum Gasteiger partial charge on any atom is -0.496 e. The minimum atomic E-state index is -0.808. The zero-order valence-electron chi connectivity index (χ0n) is 30.2. The molecule has 3 aliphatic carbocycles. The van der Waals surface area contributed by atoms with Gasteiger partial charge in [-0.05, 0) is 72.6 Å². The Labute approximate surface area is 286 Å². The van der Waals surface area contributed by atoms with Crippen LogP contribution in [0.15, 0.2) is 36.4 Å². The zero-order valence-corrected chi connectivity index (χ0v) is 30.2. The van der Waals surface area contributed by atoms with Gasteiger partial charge in [0.1, 0.15) is 11.8 Å². The Bertz CT molecular complexity index is 1480. The van der Waals surface area contributed by atoms with E-state index in [0.29, 0.717) is 46.9 Å². The average molecular weight is 664 g/mol. The number of amides is 2. The van der Waals surface area contributed by atoms with Crippen LogP contribution in [-0.2, 0) is 16.2 Å². The van der Waals surface area contributed by atoms with E-state index in [9.17, 15) is 14.7 Å². The van der Waals surface area contributed by atoms with Crippen molar-refractivity contribution in [1.82, 2.24) is 15.7 Å². The molecule has 8 atom stereocenters. The summed E-state index contributed by atoms with van der Waals surface area (Å²) in [6.45, 7) is 13.8. The van der Waals surface area contributed by atoms with Gasteiger partial charge >= 0.3 is 0 Å². The Kier molecular flexibility index (Phi) is 10.8. The number of methoxy groups -OCH3 is 1. The van der Waals surface area contributed by atoms with E-state index >= 15 is 0 Å². The number of rotatable bonds is 12. The molecule has 0 aromatic heterocycles. The van der Waals surface area contributed by atoms with Crippen LogP contribution in [0.2, 0.25) is 0 Å². The van der Waals surface area contributed by atoms with E-state index in [4.69, 9.17) is 15.3 Å². The molecule has 5 N–H and O–H groups in total. The number of fused-ring (bicyclic) bond motifs is 2. The number of anilines is 1. The van der Waals surface area contributed by atoms with Gasteiger partial charge in [0.15, 0.2) is 0 Å². The fourth-order valence-corrected chi connectivity index (χ4v) is 8.43. The van der Waals surface area contributed by atoms with Gasteiger partial charge in [-0.3, -0.25) is 14.4 Å². The molecule has 10 heteroatoms. The molecule has 1 heterocycles. The van der Waals surface area contributed by atoms with E-state index in [1.54, 1.807) is 19.1 Å². The van der Waals surface area contributed by atoms with Gasteiger partial charge in [0.05, 0.1) is 25.9 Å². The Morgan fingerprint density at radius 2 is 1.90 bits per heavy atom. The van der Waals surface area contributed by atoms with E-state index in [0.717, 1.165) is 28.8 Å². The summed E-state index contributed by atoms with van der Waals surface area (Å²) < 4.78 is 6.04. The second kappa shape index (κ2) is 14.4. The molecule has 0 unspecified atom stereocenters. The quantitative estimate of drug-likeness (QED) is 0.263. The highest BCUT2D eigenvalue weighted by Crippen LogP contribution is 2.61. The number of hydrogen-bond acceptors (Lipinski definition) is 8. The monoisotopic (exact) mass is 663 g/mol. The summed E-state index contributed by atoms with van der Waals surface area (Å²) in [7, 11) is 5.52. The fraction of sp³-hybridized carbons (Fsp3) is 0.632. The molecule has 2 aromatic carbocycles. The summed E-state index contributed by atoms with van der Waals surface area (Å²) in [4.78, 5) is 35.7. The van der Waals surface area contributed by atoms with Crippen molar-refractivity contribution in [3.05, 3.63) is 47.5 Å². The number of para-hydroxylation sites is 1. The SMILES string of the molecule is COc1c(CN2O[C@@H](CN)[C@H]([C@H](C)O)[C@H]2C(=O)N[C@H]2C[C@@H]3C[C@H]([C@@H]2C)C3(C)C)cccc1-c1cc(C(=O)NCC(C)C)cc(N(C)C)c1. The summed E-state index contributed by atoms with van der Waals surface area (Å²) in [5.41, 5.74) is 10.4. The fourth-order valence-electron chi connectivity index (χ4n) is 8.43. The van der Waals surface area contributed by atoms with Gasteiger partial charge in [0.2, 0.25) is 5.91 Å². The number of benzene rings is 2. The van der Waals surface area contributed by atoms with Crippen molar-refractivity contribution < 1.29 is 24.3 Å². The van der Waals surface area contributed by atoms with Crippen LogP contribution in [0, 0.1) is 35.0 Å². The van der Waals surface area contributed by atoms with E-state index < -0.39 is 24.2 Å².